The van der Waals surface area contributed by atoms with Gasteiger partial charge in [-0.05, 0) is 26.3 Å². The number of carbonyl (C=O) groups excluding carboxylic acids is 1. The Labute approximate surface area is 120 Å². The van der Waals surface area contributed by atoms with Crippen LogP contribution in [0.4, 0.5) is 0 Å². The molecular formula is C16H22N2O2. The summed E-state index contributed by atoms with van der Waals surface area (Å²) in [5, 5.41) is 10.1. The van der Waals surface area contributed by atoms with Crippen LogP contribution in [0.3, 0.4) is 0 Å². The molecule has 4 heteroatoms. The summed E-state index contributed by atoms with van der Waals surface area (Å²) < 4.78 is 0. The second kappa shape index (κ2) is 5.09. The Morgan fingerprint density at radius 1 is 1.35 bits per heavy atom. The highest BCUT2D eigenvalue weighted by Crippen LogP contribution is 2.32. The van der Waals surface area contributed by atoms with Crippen LogP contribution in [0.15, 0.2) is 18.2 Å². The second-order valence-electron chi connectivity index (χ2n) is 6.01. The molecule has 108 valence electrons. The number of hydrogen-bond donors (Lipinski definition) is 1. The fourth-order valence-electron chi connectivity index (χ4n) is 3.45. The smallest absolute Gasteiger partial charge is 0.222 e. The van der Waals surface area contributed by atoms with Gasteiger partial charge in [0, 0.05) is 43.7 Å². The van der Waals surface area contributed by atoms with Crippen molar-refractivity contribution in [2.75, 3.05) is 19.6 Å². The Hall–Kier alpha value is -1.55. The molecule has 0 bridgehead atoms. The minimum absolute atomic E-state index is 0.188. The van der Waals surface area contributed by atoms with Crippen molar-refractivity contribution in [3.8, 4) is 5.75 Å². The molecule has 4 nitrogen and oxygen atoms in total. The highest BCUT2D eigenvalue weighted by molar-refractivity contribution is 5.78. The summed E-state index contributed by atoms with van der Waals surface area (Å²) in [7, 11) is 0. The Bertz CT molecular complexity index is 529. The molecule has 2 saturated heterocycles. The van der Waals surface area contributed by atoms with Crippen LogP contribution in [0.1, 0.15) is 36.9 Å². The van der Waals surface area contributed by atoms with E-state index >= 15 is 0 Å². The number of nitrogens with zero attached hydrogens (tertiary/aromatic N) is 2. The monoisotopic (exact) mass is 274 g/mol. The zero-order valence-corrected chi connectivity index (χ0v) is 12.2. The molecule has 1 amide bonds. The zero-order valence-electron chi connectivity index (χ0n) is 12.2. The van der Waals surface area contributed by atoms with Crippen molar-refractivity contribution in [1.29, 1.82) is 0 Å². The van der Waals surface area contributed by atoms with Gasteiger partial charge in [0.2, 0.25) is 5.91 Å². The number of fused-ring (bicyclic) bond motifs is 1. The molecule has 2 heterocycles. The minimum Gasteiger partial charge on any atom is -0.508 e. The first kappa shape index (κ1) is 13.4. The van der Waals surface area contributed by atoms with Gasteiger partial charge in [-0.3, -0.25) is 9.69 Å². The van der Waals surface area contributed by atoms with E-state index in [9.17, 15) is 9.90 Å². The normalized spacial score (nSPS) is 24.8. The van der Waals surface area contributed by atoms with Crippen LogP contribution < -0.4 is 0 Å². The quantitative estimate of drug-likeness (QED) is 0.898. The third kappa shape index (κ3) is 2.29. The third-order valence-electron chi connectivity index (χ3n) is 4.71. The molecule has 0 radical (unpaired) electrons. The highest BCUT2D eigenvalue weighted by atomic mass is 16.3. The maximum Gasteiger partial charge on any atom is 0.222 e. The summed E-state index contributed by atoms with van der Waals surface area (Å²) in [4.78, 5) is 16.1. The maximum atomic E-state index is 11.7. The topological polar surface area (TPSA) is 43.8 Å². The summed E-state index contributed by atoms with van der Waals surface area (Å²) in [6, 6.07) is 6.32. The third-order valence-corrected chi connectivity index (χ3v) is 4.71. The predicted octanol–water partition coefficient (Wildman–Crippen LogP) is 2.07. The molecule has 2 aliphatic heterocycles. The van der Waals surface area contributed by atoms with Gasteiger partial charge in [-0.2, -0.15) is 0 Å². The van der Waals surface area contributed by atoms with Crippen LogP contribution in [0.2, 0.25) is 0 Å². The van der Waals surface area contributed by atoms with Gasteiger partial charge in [0.25, 0.3) is 0 Å². The molecule has 0 saturated carbocycles. The zero-order chi connectivity index (χ0) is 14.3. The number of phenolic OH excluding ortho intramolecular Hbond substituents is 1. The van der Waals surface area contributed by atoms with Gasteiger partial charge in [0.05, 0.1) is 0 Å². The fourth-order valence-corrected chi connectivity index (χ4v) is 3.45. The Balaban J connectivity index is 1.76. The number of aryl methyl sites for hydroxylation is 1. The van der Waals surface area contributed by atoms with E-state index in [4.69, 9.17) is 0 Å². The van der Waals surface area contributed by atoms with Crippen LogP contribution in [0, 0.1) is 6.92 Å². The van der Waals surface area contributed by atoms with E-state index in [1.54, 1.807) is 6.07 Å². The van der Waals surface area contributed by atoms with Crippen molar-refractivity contribution >= 4 is 5.91 Å². The molecule has 1 N–H and O–H groups in total. The molecule has 1 aromatic rings. The van der Waals surface area contributed by atoms with E-state index in [-0.39, 0.29) is 6.04 Å². The maximum absolute atomic E-state index is 11.7. The van der Waals surface area contributed by atoms with E-state index in [0.717, 1.165) is 31.6 Å². The summed E-state index contributed by atoms with van der Waals surface area (Å²) in [6.07, 6.45) is 1.67. The van der Waals surface area contributed by atoms with E-state index in [1.165, 1.54) is 5.56 Å². The second-order valence-corrected chi connectivity index (χ2v) is 6.01. The van der Waals surface area contributed by atoms with Crippen LogP contribution in [-0.2, 0) is 4.79 Å². The van der Waals surface area contributed by atoms with Gasteiger partial charge >= 0.3 is 0 Å². The standard InChI is InChI=1S/C16H22N2O2/c1-11-3-5-15(19)14(9-11)12(2)17-7-8-18-13(10-17)4-6-16(18)20/h3,5,9,12-13,19H,4,6-8,10H2,1-2H3. The van der Waals surface area contributed by atoms with E-state index in [0.29, 0.717) is 24.1 Å². The molecule has 3 rings (SSSR count). The lowest BCUT2D eigenvalue weighted by Gasteiger charge is -2.40. The molecule has 0 aromatic heterocycles. The van der Waals surface area contributed by atoms with Crippen molar-refractivity contribution in [1.82, 2.24) is 9.80 Å². The van der Waals surface area contributed by atoms with Gasteiger partial charge in [0.1, 0.15) is 5.75 Å². The molecule has 2 atom stereocenters. The lowest BCUT2D eigenvalue weighted by Crippen LogP contribution is -2.51. The highest BCUT2D eigenvalue weighted by Gasteiger charge is 2.37. The Morgan fingerprint density at radius 2 is 2.15 bits per heavy atom. The SMILES string of the molecule is Cc1ccc(O)c(C(C)N2CCN3C(=O)CCC3C2)c1. The average Bonchev–Trinajstić information content (AvgIpc) is 2.82. The van der Waals surface area contributed by atoms with Crippen LogP contribution in [0.5, 0.6) is 5.75 Å². The number of rotatable bonds is 2. The lowest BCUT2D eigenvalue weighted by molar-refractivity contribution is -0.131. The number of carbonyl (C=O) groups is 1. The minimum atomic E-state index is 0.188. The molecule has 0 aliphatic carbocycles. The number of hydrogen-bond acceptors (Lipinski definition) is 3. The number of piperazine rings is 1. The molecule has 2 fully saturated rings. The van der Waals surface area contributed by atoms with Crippen LogP contribution in [-0.4, -0.2) is 46.5 Å². The predicted molar refractivity (Wildman–Crippen MR) is 77.6 cm³/mol. The first-order valence-corrected chi connectivity index (χ1v) is 7.39. The van der Waals surface area contributed by atoms with Crippen LogP contribution in [0.25, 0.3) is 0 Å². The van der Waals surface area contributed by atoms with Gasteiger partial charge < -0.3 is 10.0 Å². The van der Waals surface area contributed by atoms with Crippen molar-refractivity contribution in [2.24, 2.45) is 0 Å². The molecule has 0 spiro atoms. The van der Waals surface area contributed by atoms with Crippen molar-refractivity contribution in [3.63, 3.8) is 0 Å². The molecular weight excluding hydrogens is 252 g/mol. The number of aromatic hydroxyl groups is 1. The van der Waals surface area contributed by atoms with Crippen molar-refractivity contribution in [2.45, 2.75) is 38.8 Å². The number of benzene rings is 1. The molecule has 2 unspecified atom stereocenters. The van der Waals surface area contributed by atoms with Gasteiger partial charge in [-0.15, -0.1) is 0 Å². The fraction of sp³-hybridized carbons (Fsp3) is 0.562. The van der Waals surface area contributed by atoms with E-state index in [2.05, 4.69) is 17.9 Å². The van der Waals surface area contributed by atoms with Crippen molar-refractivity contribution in [3.05, 3.63) is 29.3 Å². The summed E-state index contributed by atoms with van der Waals surface area (Å²) >= 11 is 0. The first-order valence-electron chi connectivity index (χ1n) is 7.39. The van der Waals surface area contributed by atoms with E-state index < -0.39 is 0 Å². The molecule has 1 aromatic carbocycles. The number of phenols is 1. The van der Waals surface area contributed by atoms with Crippen LogP contribution >= 0.6 is 0 Å². The average molecular weight is 274 g/mol. The lowest BCUT2D eigenvalue weighted by atomic mass is 10.0. The summed E-state index contributed by atoms with van der Waals surface area (Å²) in [6.45, 7) is 6.81. The van der Waals surface area contributed by atoms with E-state index in [1.807, 2.05) is 17.9 Å². The van der Waals surface area contributed by atoms with Gasteiger partial charge in [-0.25, -0.2) is 0 Å². The van der Waals surface area contributed by atoms with Gasteiger partial charge in [0.15, 0.2) is 0 Å². The van der Waals surface area contributed by atoms with Crippen molar-refractivity contribution < 1.29 is 9.90 Å². The van der Waals surface area contributed by atoms with Gasteiger partial charge in [-0.1, -0.05) is 17.7 Å². The molecule has 20 heavy (non-hydrogen) atoms. The number of amides is 1. The summed E-state index contributed by atoms with van der Waals surface area (Å²) in [5.74, 6) is 0.675. The largest absolute Gasteiger partial charge is 0.508 e. The molecule has 2 aliphatic rings. The Kier molecular flexibility index (Phi) is 3.42. The first-order chi connectivity index (χ1) is 9.56. The Morgan fingerprint density at radius 3 is 2.95 bits per heavy atom. The summed E-state index contributed by atoms with van der Waals surface area (Å²) in [5.41, 5.74) is 2.15.